The lowest BCUT2D eigenvalue weighted by Gasteiger charge is -2.34. The number of hydrogen-bond acceptors (Lipinski definition) is 6. The lowest BCUT2D eigenvalue weighted by Crippen LogP contribution is -2.36. The molecule has 3 heterocycles. The van der Waals surface area contributed by atoms with Crippen LogP contribution in [0.5, 0.6) is 0 Å². The van der Waals surface area contributed by atoms with Crippen molar-refractivity contribution >= 4 is 0 Å². The van der Waals surface area contributed by atoms with Crippen molar-refractivity contribution in [3.8, 4) is 11.4 Å². The average molecular weight is 356 g/mol. The molecule has 1 atom stereocenters. The fourth-order valence-electron chi connectivity index (χ4n) is 3.36. The van der Waals surface area contributed by atoms with Crippen LogP contribution in [0.3, 0.4) is 0 Å². The number of benzene rings is 1. The van der Waals surface area contributed by atoms with Crippen LogP contribution in [0.15, 0.2) is 35.1 Å². The van der Waals surface area contributed by atoms with E-state index in [1.54, 1.807) is 25.3 Å². The molecule has 7 nitrogen and oxygen atoms in total. The first-order chi connectivity index (χ1) is 12.6. The number of halogens is 1. The van der Waals surface area contributed by atoms with E-state index >= 15 is 0 Å². The third-order valence-electron chi connectivity index (χ3n) is 5.09. The van der Waals surface area contributed by atoms with Gasteiger partial charge in [0.1, 0.15) is 5.82 Å². The van der Waals surface area contributed by atoms with E-state index in [-0.39, 0.29) is 11.9 Å². The van der Waals surface area contributed by atoms with E-state index in [0.717, 1.165) is 25.9 Å². The van der Waals surface area contributed by atoms with Crippen LogP contribution in [-0.4, -0.2) is 43.1 Å². The number of hydrogen-bond donors (Lipinski definition) is 0. The van der Waals surface area contributed by atoms with Crippen LogP contribution in [0.25, 0.3) is 11.4 Å². The zero-order valence-electron chi connectivity index (χ0n) is 14.8. The molecular weight excluding hydrogens is 335 g/mol. The Labute approximate surface area is 150 Å². The molecule has 0 unspecified atom stereocenters. The summed E-state index contributed by atoms with van der Waals surface area (Å²) in [6, 6.07) is 5.37. The standard InChI is InChI=1S/C18H21FN6O/c1-12-3-4-14(11-16(12)19)17-21-18(26-22-17)13(2)24-8-5-15(6-9-24)25-10-7-20-23-25/h3-4,7,10-11,13,15H,5-6,8-9H2,1-2H3/t13-/m0/s1. The van der Waals surface area contributed by atoms with E-state index < -0.39 is 0 Å². The third kappa shape index (κ3) is 3.24. The van der Waals surface area contributed by atoms with Gasteiger partial charge in [0.2, 0.25) is 11.7 Å². The molecule has 26 heavy (non-hydrogen) atoms. The van der Waals surface area contributed by atoms with Crippen LogP contribution >= 0.6 is 0 Å². The Morgan fingerprint density at radius 1 is 1.27 bits per heavy atom. The van der Waals surface area contributed by atoms with Crippen LogP contribution in [0.2, 0.25) is 0 Å². The Balaban J connectivity index is 1.43. The van der Waals surface area contributed by atoms with Gasteiger partial charge in [0, 0.05) is 24.8 Å². The Bertz CT molecular complexity index is 870. The summed E-state index contributed by atoms with van der Waals surface area (Å²) in [5, 5.41) is 12.0. The van der Waals surface area contributed by atoms with Gasteiger partial charge in [-0.15, -0.1) is 5.10 Å². The summed E-state index contributed by atoms with van der Waals surface area (Å²) in [6.07, 6.45) is 5.62. The molecule has 0 N–H and O–H groups in total. The Morgan fingerprint density at radius 3 is 2.77 bits per heavy atom. The first-order valence-corrected chi connectivity index (χ1v) is 8.82. The summed E-state index contributed by atoms with van der Waals surface area (Å²) in [7, 11) is 0. The predicted molar refractivity (Wildman–Crippen MR) is 92.7 cm³/mol. The molecule has 0 spiro atoms. The molecule has 1 aliphatic rings. The highest BCUT2D eigenvalue weighted by Gasteiger charge is 2.28. The maximum absolute atomic E-state index is 13.8. The van der Waals surface area contributed by atoms with E-state index in [1.807, 2.05) is 10.9 Å². The molecule has 4 rings (SSSR count). The normalized spacial score (nSPS) is 17.5. The molecular formula is C18H21FN6O. The molecule has 1 saturated heterocycles. The quantitative estimate of drug-likeness (QED) is 0.715. The minimum atomic E-state index is -0.267. The summed E-state index contributed by atoms with van der Waals surface area (Å²) in [4.78, 5) is 6.80. The van der Waals surface area contributed by atoms with Gasteiger partial charge in [-0.2, -0.15) is 4.98 Å². The SMILES string of the molecule is Cc1ccc(-c2noc([C@H](C)N3CCC(n4ccnn4)CC3)n2)cc1F. The number of likely N-dealkylation sites (tertiary alicyclic amines) is 1. The summed E-state index contributed by atoms with van der Waals surface area (Å²) in [5.41, 5.74) is 1.22. The van der Waals surface area contributed by atoms with Crippen molar-refractivity contribution in [2.24, 2.45) is 0 Å². The first-order valence-electron chi connectivity index (χ1n) is 8.82. The smallest absolute Gasteiger partial charge is 0.244 e. The van der Waals surface area contributed by atoms with E-state index in [2.05, 4.69) is 32.3 Å². The van der Waals surface area contributed by atoms with E-state index in [9.17, 15) is 4.39 Å². The monoisotopic (exact) mass is 356 g/mol. The molecule has 136 valence electrons. The predicted octanol–water partition coefficient (Wildman–Crippen LogP) is 3.17. The molecule has 0 aliphatic carbocycles. The molecule has 0 saturated carbocycles. The van der Waals surface area contributed by atoms with Crippen molar-refractivity contribution in [1.82, 2.24) is 30.0 Å². The fraction of sp³-hybridized carbons (Fsp3) is 0.444. The van der Waals surface area contributed by atoms with Crippen LogP contribution in [0, 0.1) is 12.7 Å². The summed E-state index contributed by atoms with van der Waals surface area (Å²) < 4.78 is 21.1. The number of aryl methyl sites for hydroxylation is 1. The van der Waals surface area contributed by atoms with Gasteiger partial charge in [0.15, 0.2) is 0 Å². The number of piperidine rings is 1. The van der Waals surface area contributed by atoms with Crippen molar-refractivity contribution in [2.75, 3.05) is 13.1 Å². The van der Waals surface area contributed by atoms with Gasteiger partial charge in [0.05, 0.1) is 18.3 Å². The second kappa shape index (κ2) is 6.95. The van der Waals surface area contributed by atoms with Crippen LogP contribution in [-0.2, 0) is 0 Å². The van der Waals surface area contributed by atoms with Crippen molar-refractivity contribution in [3.05, 3.63) is 47.9 Å². The molecule has 2 aromatic heterocycles. The minimum absolute atomic E-state index is 0.0169. The molecule has 1 aliphatic heterocycles. The summed E-state index contributed by atoms with van der Waals surface area (Å²) in [6.45, 7) is 5.62. The molecule has 0 radical (unpaired) electrons. The number of aromatic nitrogens is 5. The second-order valence-corrected chi connectivity index (χ2v) is 6.75. The molecule has 1 fully saturated rings. The zero-order chi connectivity index (χ0) is 18.1. The van der Waals surface area contributed by atoms with Gasteiger partial charge in [-0.1, -0.05) is 22.5 Å². The van der Waals surface area contributed by atoms with Crippen LogP contribution < -0.4 is 0 Å². The maximum Gasteiger partial charge on any atom is 0.244 e. The fourth-order valence-corrected chi connectivity index (χ4v) is 3.36. The maximum atomic E-state index is 13.8. The summed E-state index contributed by atoms with van der Waals surface area (Å²) >= 11 is 0. The molecule has 1 aromatic carbocycles. The zero-order valence-corrected chi connectivity index (χ0v) is 14.8. The lowest BCUT2D eigenvalue weighted by molar-refractivity contribution is 0.118. The largest absolute Gasteiger partial charge is 0.337 e. The third-order valence-corrected chi connectivity index (χ3v) is 5.09. The lowest BCUT2D eigenvalue weighted by atomic mass is 10.0. The highest BCUT2D eigenvalue weighted by Crippen LogP contribution is 2.29. The van der Waals surface area contributed by atoms with Crippen molar-refractivity contribution < 1.29 is 8.91 Å². The summed E-state index contributed by atoms with van der Waals surface area (Å²) in [5.74, 6) is 0.709. The van der Waals surface area contributed by atoms with Crippen molar-refractivity contribution in [1.29, 1.82) is 0 Å². The van der Waals surface area contributed by atoms with E-state index in [4.69, 9.17) is 4.52 Å². The Hall–Kier alpha value is -2.61. The van der Waals surface area contributed by atoms with Crippen LogP contribution in [0.1, 0.15) is 43.3 Å². The molecule has 8 heteroatoms. The average Bonchev–Trinajstić information content (AvgIpc) is 3.36. The highest BCUT2D eigenvalue weighted by atomic mass is 19.1. The van der Waals surface area contributed by atoms with Crippen molar-refractivity contribution in [3.63, 3.8) is 0 Å². The van der Waals surface area contributed by atoms with Gasteiger partial charge < -0.3 is 4.52 Å². The Kier molecular flexibility index (Phi) is 4.50. The van der Waals surface area contributed by atoms with Gasteiger partial charge in [-0.25, -0.2) is 9.07 Å². The van der Waals surface area contributed by atoms with Gasteiger partial charge in [0.25, 0.3) is 0 Å². The second-order valence-electron chi connectivity index (χ2n) is 6.75. The number of nitrogens with zero attached hydrogens (tertiary/aromatic N) is 6. The molecule has 3 aromatic rings. The van der Waals surface area contributed by atoms with Gasteiger partial charge in [-0.05, 0) is 38.3 Å². The van der Waals surface area contributed by atoms with Gasteiger partial charge >= 0.3 is 0 Å². The minimum Gasteiger partial charge on any atom is -0.337 e. The van der Waals surface area contributed by atoms with Gasteiger partial charge in [-0.3, -0.25) is 4.90 Å². The van der Waals surface area contributed by atoms with Crippen LogP contribution in [0.4, 0.5) is 4.39 Å². The molecule has 0 bridgehead atoms. The molecule has 0 amide bonds. The van der Waals surface area contributed by atoms with E-state index in [1.165, 1.54) is 6.07 Å². The highest BCUT2D eigenvalue weighted by molar-refractivity contribution is 5.54. The van der Waals surface area contributed by atoms with Crippen molar-refractivity contribution in [2.45, 2.75) is 38.8 Å². The topological polar surface area (TPSA) is 72.9 Å². The first kappa shape index (κ1) is 16.8. The number of rotatable bonds is 4. The van der Waals surface area contributed by atoms with E-state index in [0.29, 0.717) is 28.9 Å². The Morgan fingerprint density at radius 2 is 2.08 bits per heavy atom.